The zero-order valence-electron chi connectivity index (χ0n) is 11.7. The summed E-state index contributed by atoms with van der Waals surface area (Å²) in [4.78, 5) is 11.0. The molecule has 1 atom stereocenters. The first kappa shape index (κ1) is 14.9. The second-order valence-corrected chi connectivity index (χ2v) is 5.35. The molecule has 7 heteroatoms. The first-order chi connectivity index (χ1) is 9.61. The molecule has 112 valence electrons. The van der Waals surface area contributed by atoms with Gasteiger partial charge in [-0.3, -0.25) is 0 Å². The van der Waals surface area contributed by atoms with E-state index in [4.69, 9.17) is 9.84 Å². The number of carbonyl (C=O) groups is 1. The van der Waals surface area contributed by atoms with Gasteiger partial charge < -0.3 is 14.9 Å². The van der Waals surface area contributed by atoms with Gasteiger partial charge in [-0.15, -0.1) is 5.10 Å². The van der Waals surface area contributed by atoms with Gasteiger partial charge in [-0.05, 0) is 12.3 Å². The third-order valence-electron chi connectivity index (χ3n) is 3.79. The number of rotatable bonds is 7. The van der Waals surface area contributed by atoms with Crippen LogP contribution in [0.5, 0.6) is 0 Å². The Morgan fingerprint density at radius 2 is 2.20 bits per heavy atom. The van der Waals surface area contributed by atoms with Crippen molar-refractivity contribution in [2.24, 2.45) is 5.92 Å². The van der Waals surface area contributed by atoms with Gasteiger partial charge in [0.25, 0.3) is 0 Å². The van der Waals surface area contributed by atoms with E-state index >= 15 is 0 Å². The summed E-state index contributed by atoms with van der Waals surface area (Å²) in [6, 6.07) is 0. The van der Waals surface area contributed by atoms with E-state index in [1.165, 1.54) is 37.5 Å². The number of ether oxygens (including phenoxy) is 1. The molecule has 1 heterocycles. The Balaban J connectivity index is 2.01. The molecule has 1 aliphatic carbocycles. The molecule has 0 aromatic carbocycles. The zero-order chi connectivity index (χ0) is 14.5. The lowest BCUT2D eigenvalue weighted by Gasteiger charge is -2.16. The Hall–Kier alpha value is -1.47. The fourth-order valence-electron chi connectivity index (χ4n) is 2.83. The summed E-state index contributed by atoms with van der Waals surface area (Å²) in [6.45, 7) is 0.375. The van der Waals surface area contributed by atoms with Crippen LogP contribution in [0.4, 0.5) is 0 Å². The first-order valence-electron chi connectivity index (χ1n) is 6.94. The van der Waals surface area contributed by atoms with Gasteiger partial charge >= 0.3 is 5.97 Å². The fraction of sp³-hybridized carbons (Fsp3) is 0.769. The summed E-state index contributed by atoms with van der Waals surface area (Å²) in [6.07, 6.45) is 5.00. The normalized spacial score (nSPS) is 17.5. The van der Waals surface area contributed by atoms with Crippen LogP contribution in [0.2, 0.25) is 0 Å². The van der Waals surface area contributed by atoms with Gasteiger partial charge in [0.1, 0.15) is 0 Å². The molecule has 0 aliphatic heterocycles. The molecule has 1 fully saturated rings. The van der Waals surface area contributed by atoms with Crippen LogP contribution < -0.4 is 0 Å². The maximum Gasteiger partial charge on any atom is 0.358 e. The Kier molecular flexibility index (Phi) is 5.08. The van der Waals surface area contributed by atoms with Crippen molar-refractivity contribution in [3.05, 3.63) is 11.4 Å². The van der Waals surface area contributed by atoms with Gasteiger partial charge in [0.15, 0.2) is 5.69 Å². The highest BCUT2D eigenvalue weighted by atomic mass is 16.5. The summed E-state index contributed by atoms with van der Waals surface area (Å²) in [5.41, 5.74) is 0.283. The Morgan fingerprint density at radius 3 is 2.80 bits per heavy atom. The number of carboxylic acid groups (broad SMARTS) is 1. The van der Waals surface area contributed by atoms with Gasteiger partial charge in [-0.2, -0.15) is 0 Å². The number of carboxylic acids is 1. The molecule has 7 nitrogen and oxygen atoms in total. The molecule has 1 aliphatic rings. The largest absolute Gasteiger partial charge is 0.476 e. The smallest absolute Gasteiger partial charge is 0.358 e. The Labute approximate surface area is 117 Å². The molecule has 1 aromatic rings. The van der Waals surface area contributed by atoms with Crippen molar-refractivity contribution in [1.82, 2.24) is 15.0 Å². The molecule has 0 spiro atoms. The average Bonchev–Trinajstić information content (AvgIpc) is 3.00. The molecule has 1 unspecified atom stereocenters. The fourth-order valence-corrected chi connectivity index (χ4v) is 2.83. The predicted octanol–water partition coefficient (Wildman–Crippen LogP) is 1.06. The van der Waals surface area contributed by atoms with Crippen molar-refractivity contribution in [3.63, 3.8) is 0 Å². The van der Waals surface area contributed by atoms with Crippen molar-refractivity contribution in [1.29, 1.82) is 0 Å². The monoisotopic (exact) mass is 283 g/mol. The number of aliphatic hydroxyl groups excluding tert-OH is 1. The molecule has 1 saturated carbocycles. The van der Waals surface area contributed by atoms with Crippen LogP contribution >= 0.6 is 0 Å². The number of hydrogen-bond acceptors (Lipinski definition) is 5. The number of aromatic nitrogens is 3. The maximum absolute atomic E-state index is 11.0. The summed E-state index contributed by atoms with van der Waals surface area (Å²) >= 11 is 0. The predicted molar refractivity (Wildman–Crippen MR) is 70.3 cm³/mol. The standard InChI is InChI=1S/C13H21N3O4/c1-20-8-11-12(13(18)19)14-15-16(11)7-10(17)6-9-4-2-3-5-9/h9-10,17H,2-8H2,1H3,(H,18,19). The SMILES string of the molecule is COCc1c(C(=O)O)nnn1CC(O)CC1CCCC1. The highest BCUT2D eigenvalue weighted by molar-refractivity contribution is 5.86. The molecule has 1 aromatic heterocycles. The van der Waals surface area contributed by atoms with Crippen molar-refractivity contribution in [2.45, 2.75) is 51.4 Å². The number of nitrogens with zero attached hydrogens (tertiary/aromatic N) is 3. The van der Waals surface area contributed by atoms with E-state index in [-0.39, 0.29) is 18.8 Å². The number of aromatic carboxylic acids is 1. The van der Waals surface area contributed by atoms with Crippen molar-refractivity contribution < 1.29 is 19.7 Å². The highest BCUT2D eigenvalue weighted by Crippen LogP contribution is 2.28. The molecule has 2 rings (SSSR count). The second-order valence-electron chi connectivity index (χ2n) is 5.35. The minimum absolute atomic E-state index is 0.111. The Bertz CT molecular complexity index is 454. The summed E-state index contributed by atoms with van der Waals surface area (Å²) in [7, 11) is 1.48. The minimum Gasteiger partial charge on any atom is -0.476 e. The van der Waals surface area contributed by atoms with E-state index in [1.807, 2.05) is 0 Å². The van der Waals surface area contributed by atoms with Gasteiger partial charge in [-0.1, -0.05) is 30.9 Å². The van der Waals surface area contributed by atoms with Gasteiger partial charge in [0, 0.05) is 7.11 Å². The number of aliphatic hydroxyl groups is 1. The molecule has 20 heavy (non-hydrogen) atoms. The van der Waals surface area contributed by atoms with Crippen LogP contribution in [0, 0.1) is 5.92 Å². The van der Waals surface area contributed by atoms with Crippen LogP contribution in [0.15, 0.2) is 0 Å². The van der Waals surface area contributed by atoms with E-state index in [2.05, 4.69) is 10.3 Å². The van der Waals surface area contributed by atoms with Crippen LogP contribution in [0.25, 0.3) is 0 Å². The van der Waals surface area contributed by atoms with Crippen molar-refractivity contribution >= 4 is 5.97 Å². The van der Waals surface area contributed by atoms with Gasteiger partial charge in [0.2, 0.25) is 0 Å². The molecule has 0 bridgehead atoms. The lowest BCUT2D eigenvalue weighted by molar-refractivity contribution is 0.0683. The average molecular weight is 283 g/mol. The summed E-state index contributed by atoms with van der Waals surface area (Å²) in [5.74, 6) is -0.563. The minimum atomic E-state index is -1.13. The third kappa shape index (κ3) is 3.55. The first-order valence-corrected chi connectivity index (χ1v) is 6.94. The zero-order valence-corrected chi connectivity index (χ0v) is 11.7. The number of methoxy groups -OCH3 is 1. The topological polar surface area (TPSA) is 97.5 Å². The molecular formula is C13H21N3O4. The van der Waals surface area contributed by atoms with Crippen molar-refractivity contribution in [2.75, 3.05) is 7.11 Å². The van der Waals surface area contributed by atoms with E-state index in [0.717, 1.165) is 6.42 Å². The van der Waals surface area contributed by atoms with Crippen LogP contribution in [-0.2, 0) is 17.9 Å². The molecule has 2 N–H and O–H groups in total. The second kappa shape index (κ2) is 6.81. The maximum atomic E-state index is 11.0. The van der Waals surface area contributed by atoms with E-state index in [0.29, 0.717) is 11.6 Å². The van der Waals surface area contributed by atoms with E-state index in [1.54, 1.807) is 0 Å². The lowest BCUT2D eigenvalue weighted by Crippen LogP contribution is -2.22. The third-order valence-corrected chi connectivity index (χ3v) is 3.79. The summed E-state index contributed by atoms with van der Waals surface area (Å²) < 4.78 is 6.42. The van der Waals surface area contributed by atoms with Crippen LogP contribution in [-0.4, -0.2) is 44.4 Å². The Morgan fingerprint density at radius 1 is 1.50 bits per heavy atom. The van der Waals surface area contributed by atoms with Crippen LogP contribution in [0.3, 0.4) is 0 Å². The van der Waals surface area contributed by atoms with Gasteiger partial charge in [0.05, 0.1) is 24.9 Å². The van der Waals surface area contributed by atoms with Crippen molar-refractivity contribution in [3.8, 4) is 0 Å². The van der Waals surface area contributed by atoms with E-state index in [9.17, 15) is 9.90 Å². The summed E-state index contributed by atoms with van der Waals surface area (Å²) in [5, 5.41) is 26.6. The molecule has 0 amide bonds. The lowest BCUT2D eigenvalue weighted by atomic mass is 10.00. The highest BCUT2D eigenvalue weighted by Gasteiger charge is 2.23. The molecule has 0 radical (unpaired) electrons. The number of hydrogen-bond donors (Lipinski definition) is 2. The molecule has 0 saturated heterocycles. The molecular weight excluding hydrogens is 262 g/mol. The van der Waals surface area contributed by atoms with E-state index < -0.39 is 12.1 Å². The quantitative estimate of drug-likeness (QED) is 0.776. The van der Waals surface area contributed by atoms with Gasteiger partial charge in [-0.25, -0.2) is 9.48 Å². The van der Waals surface area contributed by atoms with Crippen LogP contribution in [0.1, 0.15) is 48.3 Å².